The van der Waals surface area contributed by atoms with Crippen LogP contribution in [0.2, 0.25) is 0 Å². The number of benzene rings is 2. The molecule has 0 spiro atoms. The van der Waals surface area contributed by atoms with Gasteiger partial charge in [-0.1, -0.05) is 15.9 Å². The molecule has 2 aromatic heterocycles. The summed E-state index contributed by atoms with van der Waals surface area (Å²) in [5.74, 6) is -0.566. The number of amides is 1. The molecule has 1 N–H and O–H groups in total. The molecule has 4 rings (SSSR count). The van der Waals surface area contributed by atoms with Gasteiger partial charge in [0.1, 0.15) is 11.2 Å². The largest absolute Gasteiger partial charge is 0.326 e. The first-order valence-corrected chi connectivity index (χ1v) is 9.55. The van der Waals surface area contributed by atoms with Gasteiger partial charge in [0.05, 0.1) is 18.2 Å². The fourth-order valence-electron chi connectivity index (χ4n) is 2.86. The van der Waals surface area contributed by atoms with Crippen LogP contribution in [0.1, 0.15) is 6.42 Å². The summed E-state index contributed by atoms with van der Waals surface area (Å²) in [4.78, 5) is 29.2. The van der Waals surface area contributed by atoms with Crippen LogP contribution in [-0.2, 0) is 11.3 Å². The SMILES string of the molecule is O=C(CCn1cnc2c(cnn2-c2ccc(F)cc2)c1=O)Nc1ccc(Br)cc1. The molecule has 0 fully saturated rings. The van der Waals surface area contributed by atoms with E-state index in [-0.39, 0.29) is 30.2 Å². The standard InChI is InChI=1S/C20H15BrFN5O2/c21-13-1-5-15(6-2-13)25-18(28)9-10-26-12-23-19-17(20(26)29)11-24-27(19)16-7-3-14(22)4-8-16/h1-8,11-12H,9-10H2,(H,25,28). The van der Waals surface area contributed by atoms with Crippen molar-refractivity contribution in [1.82, 2.24) is 19.3 Å². The van der Waals surface area contributed by atoms with Gasteiger partial charge in [0.2, 0.25) is 5.91 Å². The zero-order valence-corrected chi connectivity index (χ0v) is 16.6. The Morgan fingerprint density at radius 1 is 1.10 bits per heavy atom. The molecule has 0 saturated carbocycles. The van der Waals surface area contributed by atoms with E-state index in [1.54, 1.807) is 24.3 Å². The molecular formula is C20H15BrFN5O2. The third-order valence-corrected chi connectivity index (χ3v) is 4.86. The van der Waals surface area contributed by atoms with E-state index < -0.39 is 0 Å². The average molecular weight is 456 g/mol. The number of carbonyl (C=O) groups is 1. The molecule has 0 atom stereocenters. The van der Waals surface area contributed by atoms with Crippen LogP contribution < -0.4 is 10.9 Å². The Bertz CT molecular complexity index is 1230. The summed E-state index contributed by atoms with van der Waals surface area (Å²) in [6.45, 7) is 0.186. The van der Waals surface area contributed by atoms with Crippen LogP contribution in [0.3, 0.4) is 0 Å². The Labute approximate surface area is 172 Å². The lowest BCUT2D eigenvalue weighted by atomic mass is 10.3. The first-order chi connectivity index (χ1) is 14.0. The normalized spacial score (nSPS) is 11.0. The van der Waals surface area contributed by atoms with Gasteiger partial charge < -0.3 is 5.32 Å². The number of fused-ring (bicyclic) bond motifs is 1. The van der Waals surface area contributed by atoms with Crippen molar-refractivity contribution in [3.05, 3.63) is 81.7 Å². The first-order valence-electron chi connectivity index (χ1n) is 8.76. The number of hydrogen-bond acceptors (Lipinski definition) is 4. The summed E-state index contributed by atoms with van der Waals surface area (Å²) in [5.41, 5.74) is 1.36. The van der Waals surface area contributed by atoms with Crippen molar-refractivity contribution in [2.75, 3.05) is 5.32 Å². The van der Waals surface area contributed by atoms with E-state index in [4.69, 9.17) is 0 Å². The molecule has 4 aromatic rings. The molecule has 9 heteroatoms. The molecule has 0 aliphatic heterocycles. The van der Waals surface area contributed by atoms with Crippen LogP contribution >= 0.6 is 15.9 Å². The highest BCUT2D eigenvalue weighted by molar-refractivity contribution is 9.10. The van der Waals surface area contributed by atoms with Crippen LogP contribution in [0.25, 0.3) is 16.7 Å². The van der Waals surface area contributed by atoms with Gasteiger partial charge in [-0.3, -0.25) is 14.2 Å². The molecule has 7 nitrogen and oxygen atoms in total. The smallest absolute Gasteiger partial charge is 0.264 e. The van der Waals surface area contributed by atoms with Gasteiger partial charge in [-0.15, -0.1) is 0 Å². The minimum Gasteiger partial charge on any atom is -0.326 e. The monoisotopic (exact) mass is 455 g/mol. The highest BCUT2D eigenvalue weighted by Crippen LogP contribution is 2.15. The summed E-state index contributed by atoms with van der Waals surface area (Å²) in [5, 5.41) is 7.30. The molecule has 2 aromatic carbocycles. The predicted molar refractivity (Wildman–Crippen MR) is 110 cm³/mol. The maximum absolute atomic E-state index is 13.1. The fraction of sp³-hybridized carbons (Fsp3) is 0.100. The van der Waals surface area contributed by atoms with Gasteiger partial charge >= 0.3 is 0 Å². The van der Waals surface area contributed by atoms with E-state index in [2.05, 4.69) is 31.3 Å². The van der Waals surface area contributed by atoms with Crippen molar-refractivity contribution in [1.29, 1.82) is 0 Å². The maximum Gasteiger partial charge on any atom is 0.264 e. The third kappa shape index (κ3) is 4.09. The molecular weight excluding hydrogens is 441 g/mol. The quantitative estimate of drug-likeness (QED) is 0.499. The van der Waals surface area contributed by atoms with E-state index in [1.807, 2.05) is 12.1 Å². The van der Waals surface area contributed by atoms with E-state index in [1.165, 1.54) is 33.9 Å². The van der Waals surface area contributed by atoms with Gasteiger partial charge in [0.25, 0.3) is 5.56 Å². The number of aryl methyl sites for hydroxylation is 1. The minimum absolute atomic E-state index is 0.120. The molecule has 0 saturated heterocycles. The molecule has 2 heterocycles. The molecule has 0 aliphatic rings. The number of hydrogen-bond donors (Lipinski definition) is 1. The Balaban J connectivity index is 1.51. The van der Waals surface area contributed by atoms with Gasteiger partial charge in [0.15, 0.2) is 5.65 Å². The summed E-state index contributed by atoms with van der Waals surface area (Å²) in [6.07, 6.45) is 2.93. The number of nitrogens with zero attached hydrogens (tertiary/aromatic N) is 4. The Kier molecular flexibility index (Phi) is 5.22. The number of rotatable bonds is 5. The van der Waals surface area contributed by atoms with Crippen molar-refractivity contribution in [2.45, 2.75) is 13.0 Å². The van der Waals surface area contributed by atoms with Crippen LogP contribution in [0.15, 0.2) is 70.3 Å². The van der Waals surface area contributed by atoms with Crippen LogP contribution in [0.4, 0.5) is 10.1 Å². The lowest BCUT2D eigenvalue weighted by Crippen LogP contribution is -2.23. The Morgan fingerprint density at radius 2 is 1.83 bits per heavy atom. The first kappa shape index (κ1) is 19.0. The molecule has 0 aliphatic carbocycles. The summed E-state index contributed by atoms with van der Waals surface area (Å²) < 4.78 is 16.9. The fourth-order valence-corrected chi connectivity index (χ4v) is 3.12. The molecule has 0 unspecified atom stereocenters. The molecule has 146 valence electrons. The Hall–Kier alpha value is -3.33. The molecule has 0 bridgehead atoms. The second kappa shape index (κ2) is 7.96. The second-order valence-electron chi connectivity index (χ2n) is 6.32. The number of halogens is 2. The minimum atomic E-state index is -0.359. The van der Waals surface area contributed by atoms with E-state index in [9.17, 15) is 14.0 Å². The second-order valence-corrected chi connectivity index (χ2v) is 7.23. The topological polar surface area (TPSA) is 81.8 Å². The van der Waals surface area contributed by atoms with Gasteiger partial charge in [-0.2, -0.15) is 5.10 Å². The highest BCUT2D eigenvalue weighted by atomic mass is 79.9. The lowest BCUT2D eigenvalue weighted by molar-refractivity contribution is -0.116. The number of anilines is 1. The Morgan fingerprint density at radius 3 is 2.55 bits per heavy atom. The van der Waals surface area contributed by atoms with Crippen LogP contribution in [0.5, 0.6) is 0 Å². The average Bonchev–Trinajstić information content (AvgIpc) is 3.15. The van der Waals surface area contributed by atoms with Gasteiger partial charge in [-0.05, 0) is 48.5 Å². The molecule has 29 heavy (non-hydrogen) atoms. The van der Waals surface area contributed by atoms with Crippen molar-refractivity contribution in [3.8, 4) is 5.69 Å². The predicted octanol–water partition coefficient (Wildman–Crippen LogP) is 3.51. The van der Waals surface area contributed by atoms with E-state index >= 15 is 0 Å². The van der Waals surface area contributed by atoms with Crippen LogP contribution in [0, 0.1) is 5.82 Å². The maximum atomic E-state index is 13.1. The zero-order valence-electron chi connectivity index (χ0n) is 15.0. The summed E-state index contributed by atoms with van der Waals surface area (Å²) in [7, 11) is 0. The highest BCUT2D eigenvalue weighted by Gasteiger charge is 2.12. The van der Waals surface area contributed by atoms with Crippen molar-refractivity contribution in [3.63, 3.8) is 0 Å². The van der Waals surface area contributed by atoms with Crippen molar-refractivity contribution in [2.24, 2.45) is 0 Å². The van der Waals surface area contributed by atoms with E-state index in [0.717, 1.165) is 4.47 Å². The number of aromatic nitrogens is 4. The summed E-state index contributed by atoms with van der Waals surface area (Å²) in [6, 6.07) is 13.0. The van der Waals surface area contributed by atoms with E-state index in [0.29, 0.717) is 22.4 Å². The van der Waals surface area contributed by atoms with Crippen molar-refractivity contribution < 1.29 is 9.18 Å². The number of nitrogens with one attached hydrogen (secondary N) is 1. The van der Waals surface area contributed by atoms with Crippen molar-refractivity contribution >= 4 is 38.6 Å². The van der Waals surface area contributed by atoms with Gasteiger partial charge in [0, 0.05) is 23.1 Å². The molecule has 1 amide bonds. The lowest BCUT2D eigenvalue weighted by Gasteiger charge is -2.08. The number of carbonyl (C=O) groups excluding carboxylic acids is 1. The third-order valence-electron chi connectivity index (χ3n) is 4.33. The zero-order chi connectivity index (χ0) is 20.4. The van der Waals surface area contributed by atoms with Crippen LogP contribution in [-0.4, -0.2) is 25.2 Å². The molecule has 0 radical (unpaired) electrons. The summed E-state index contributed by atoms with van der Waals surface area (Å²) >= 11 is 3.34. The van der Waals surface area contributed by atoms with Gasteiger partial charge in [-0.25, -0.2) is 14.1 Å².